The van der Waals surface area contributed by atoms with E-state index in [9.17, 15) is 9.59 Å². The van der Waals surface area contributed by atoms with E-state index < -0.39 is 0 Å². The molecule has 7 heteroatoms. The highest BCUT2D eigenvalue weighted by atomic mass is 16.5. The number of hydrazone groups is 1. The number of nitrogens with one attached hydrogen (secondary N) is 1. The second-order valence-electron chi connectivity index (χ2n) is 7.35. The molecule has 1 N–H and O–H groups in total. The second-order valence-corrected chi connectivity index (χ2v) is 7.35. The summed E-state index contributed by atoms with van der Waals surface area (Å²) in [5.74, 6) is 0.744. The Morgan fingerprint density at radius 3 is 2.66 bits per heavy atom. The van der Waals surface area contributed by atoms with Crippen molar-refractivity contribution >= 4 is 34.5 Å². The quantitative estimate of drug-likeness (QED) is 0.408. The van der Waals surface area contributed by atoms with Crippen molar-refractivity contribution in [3.8, 4) is 11.5 Å². The van der Waals surface area contributed by atoms with Gasteiger partial charge in [-0.25, -0.2) is 5.43 Å². The Morgan fingerprint density at radius 1 is 1.06 bits per heavy atom. The fourth-order valence-electron chi connectivity index (χ4n) is 3.70. The van der Waals surface area contributed by atoms with Gasteiger partial charge in [-0.3, -0.25) is 14.5 Å². The molecule has 0 spiro atoms. The minimum Gasteiger partial charge on any atom is -0.490 e. The lowest BCUT2D eigenvalue weighted by molar-refractivity contribution is -0.119. The minimum absolute atomic E-state index is 0.113. The van der Waals surface area contributed by atoms with Crippen LogP contribution >= 0.6 is 0 Å². The van der Waals surface area contributed by atoms with Crippen LogP contribution in [0.25, 0.3) is 10.8 Å². The molecule has 0 aliphatic carbocycles. The van der Waals surface area contributed by atoms with Crippen LogP contribution in [0.15, 0.2) is 59.7 Å². The predicted octanol–water partition coefficient (Wildman–Crippen LogP) is 4.14. The predicted molar refractivity (Wildman–Crippen MR) is 125 cm³/mol. The number of carbonyl (C=O) groups excluding carboxylic acids is 2. The Labute approximate surface area is 186 Å². The Bertz CT molecular complexity index is 1180. The molecule has 4 rings (SSSR count). The highest BCUT2D eigenvalue weighted by Gasteiger charge is 2.30. The van der Waals surface area contributed by atoms with Gasteiger partial charge in [0.2, 0.25) is 0 Å². The van der Waals surface area contributed by atoms with Crippen molar-refractivity contribution < 1.29 is 19.1 Å². The zero-order valence-electron chi connectivity index (χ0n) is 18.1. The van der Waals surface area contributed by atoms with E-state index in [1.807, 2.05) is 62.4 Å². The maximum absolute atomic E-state index is 12.8. The smallest absolute Gasteiger partial charge is 0.260 e. The van der Waals surface area contributed by atoms with Gasteiger partial charge in [-0.15, -0.1) is 0 Å². The van der Waals surface area contributed by atoms with Gasteiger partial charge in [0.25, 0.3) is 11.8 Å². The van der Waals surface area contributed by atoms with Crippen LogP contribution in [-0.4, -0.2) is 37.8 Å². The lowest BCUT2D eigenvalue weighted by atomic mass is 10.1. The summed E-state index contributed by atoms with van der Waals surface area (Å²) in [5, 5.41) is 5.90. The van der Waals surface area contributed by atoms with Crippen molar-refractivity contribution in [1.82, 2.24) is 5.43 Å². The average molecular weight is 431 g/mol. The molecule has 0 atom stereocenters. The highest BCUT2D eigenvalue weighted by Crippen LogP contribution is 2.36. The van der Waals surface area contributed by atoms with E-state index in [-0.39, 0.29) is 18.4 Å². The molecule has 0 radical (unpaired) electrons. The van der Waals surface area contributed by atoms with Gasteiger partial charge in [0, 0.05) is 10.9 Å². The van der Waals surface area contributed by atoms with E-state index in [2.05, 4.69) is 10.5 Å². The first kappa shape index (κ1) is 21.4. The normalized spacial score (nSPS) is 12.6. The van der Waals surface area contributed by atoms with Gasteiger partial charge in [0.15, 0.2) is 11.5 Å². The SMILES string of the molecule is CCCOc1ccc(/C=N\NC(=O)CN2C(=O)c3cccc4cccc2c34)cc1OCC. The van der Waals surface area contributed by atoms with Crippen LogP contribution < -0.4 is 19.8 Å². The molecule has 0 saturated carbocycles. The summed E-state index contributed by atoms with van der Waals surface area (Å²) in [6, 6.07) is 16.8. The molecule has 0 fully saturated rings. The van der Waals surface area contributed by atoms with E-state index >= 15 is 0 Å². The molecular weight excluding hydrogens is 406 g/mol. The van der Waals surface area contributed by atoms with Gasteiger partial charge >= 0.3 is 0 Å². The molecule has 0 unspecified atom stereocenters. The van der Waals surface area contributed by atoms with Gasteiger partial charge in [-0.05, 0) is 54.6 Å². The lowest BCUT2D eigenvalue weighted by Crippen LogP contribution is -2.37. The van der Waals surface area contributed by atoms with Crippen molar-refractivity contribution in [3.63, 3.8) is 0 Å². The molecule has 3 aromatic rings. The largest absolute Gasteiger partial charge is 0.490 e. The lowest BCUT2D eigenvalue weighted by Gasteiger charge is -2.16. The summed E-state index contributed by atoms with van der Waals surface area (Å²) in [4.78, 5) is 26.8. The molecule has 32 heavy (non-hydrogen) atoms. The third kappa shape index (κ3) is 4.27. The first-order valence-corrected chi connectivity index (χ1v) is 10.7. The van der Waals surface area contributed by atoms with Crippen LogP contribution in [0.1, 0.15) is 36.2 Å². The first-order chi connectivity index (χ1) is 15.6. The van der Waals surface area contributed by atoms with Crippen LogP contribution in [0.5, 0.6) is 11.5 Å². The van der Waals surface area contributed by atoms with Crippen LogP contribution in [0.2, 0.25) is 0 Å². The third-order valence-electron chi connectivity index (χ3n) is 5.08. The van der Waals surface area contributed by atoms with Crippen molar-refractivity contribution in [2.75, 3.05) is 24.7 Å². The monoisotopic (exact) mass is 431 g/mol. The highest BCUT2D eigenvalue weighted by molar-refractivity contribution is 6.26. The number of ether oxygens (including phenoxy) is 2. The molecule has 0 bridgehead atoms. The Balaban J connectivity index is 1.42. The van der Waals surface area contributed by atoms with E-state index in [1.165, 1.54) is 11.1 Å². The zero-order chi connectivity index (χ0) is 22.5. The van der Waals surface area contributed by atoms with Crippen molar-refractivity contribution in [2.45, 2.75) is 20.3 Å². The summed E-state index contributed by atoms with van der Waals surface area (Å²) in [6.45, 7) is 4.95. The van der Waals surface area contributed by atoms with E-state index in [4.69, 9.17) is 9.47 Å². The Kier molecular flexibility index (Phi) is 6.35. The molecule has 164 valence electrons. The molecule has 2 amide bonds. The summed E-state index contributed by atoms with van der Waals surface area (Å²) >= 11 is 0. The molecule has 0 saturated heterocycles. The summed E-state index contributed by atoms with van der Waals surface area (Å²) < 4.78 is 11.3. The molecule has 0 aromatic heterocycles. The molecule has 1 aliphatic rings. The molecule has 3 aromatic carbocycles. The Morgan fingerprint density at radius 2 is 1.88 bits per heavy atom. The van der Waals surface area contributed by atoms with Crippen LogP contribution in [-0.2, 0) is 4.79 Å². The topological polar surface area (TPSA) is 80.2 Å². The number of benzene rings is 3. The van der Waals surface area contributed by atoms with Gasteiger partial charge in [0.1, 0.15) is 6.54 Å². The molecule has 1 heterocycles. The fourth-order valence-corrected chi connectivity index (χ4v) is 3.70. The van der Waals surface area contributed by atoms with Crippen LogP contribution in [0.4, 0.5) is 5.69 Å². The maximum Gasteiger partial charge on any atom is 0.260 e. The Hall–Kier alpha value is -3.87. The number of hydrogen-bond donors (Lipinski definition) is 1. The average Bonchev–Trinajstić information content (AvgIpc) is 3.07. The van der Waals surface area contributed by atoms with Gasteiger partial charge < -0.3 is 9.47 Å². The fraction of sp³-hybridized carbons (Fsp3) is 0.240. The summed E-state index contributed by atoms with van der Waals surface area (Å²) in [7, 11) is 0. The van der Waals surface area contributed by atoms with E-state index in [0.717, 1.165) is 28.4 Å². The van der Waals surface area contributed by atoms with Crippen molar-refractivity contribution in [1.29, 1.82) is 0 Å². The summed E-state index contributed by atoms with van der Waals surface area (Å²) in [5.41, 5.74) is 4.61. The number of rotatable bonds is 9. The van der Waals surface area contributed by atoms with Gasteiger partial charge in [-0.1, -0.05) is 31.2 Å². The van der Waals surface area contributed by atoms with E-state index in [0.29, 0.717) is 30.3 Å². The summed E-state index contributed by atoms with van der Waals surface area (Å²) in [6.07, 6.45) is 2.44. The number of amides is 2. The minimum atomic E-state index is -0.382. The van der Waals surface area contributed by atoms with Crippen LogP contribution in [0, 0.1) is 0 Å². The zero-order valence-corrected chi connectivity index (χ0v) is 18.1. The van der Waals surface area contributed by atoms with Crippen LogP contribution in [0.3, 0.4) is 0 Å². The standard InChI is InChI=1S/C25H25N3O4/c1-3-13-32-21-12-11-17(14-22(21)31-4-2)15-26-27-23(29)16-28-20-10-6-8-18-7-5-9-19(24(18)20)25(28)30/h5-12,14-15H,3-4,13,16H2,1-2H3,(H,27,29)/b26-15-. The molecule has 1 aliphatic heterocycles. The van der Waals surface area contributed by atoms with Gasteiger partial charge in [0.05, 0.1) is 25.1 Å². The number of anilines is 1. The first-order valence-electron chi connectivity index (χ1n) is 10.7. The number of hydrogen-bond acceptors (Lipinski definition) is 5. The number of nitrogens with zero attached hydrogens (tertiary/aromatic N) is 2. The molecular formula is C25H25N3O4. The third-order valence-corrected chi connectivity index (χ3v) is 5.08. The van der Waals surface area contributed by atoms with Gasteiger partial charge in [-0.2, -0.15) is 5.10 Å². The molecule has 7 nitrogen and oxygen atoms in total. The maximum atomic E-state index is 12.8. The van der Waals surface area contributed by atoms with Crippen molar-refractivity contribution in [3.05, 3.63) is 65.7 Å². The van der Waals surface area contributed by atoms with E-state index in [1.54, 1.807) is 6.07 Å². The van der Waals surface area contributed by atoms with Crippen molar-refractivity contribution in [2.24, 2.45) is 5.10 Å². The number of carbonyl (C=O) groups is 2. The second kappa shape index (κ2) is 9.51.